The van der Waals surface area contributed by atoms with Gasteiger partial charge in [-0.15, -0.1) is 0 Å². The van der Waals surface area contributed by atoms with Crippen molar-refractivity contribution in [1.82, 2.24) is 10.2 Å². The molecule has 8 heteroatoms. The number of hydrogen-bond acceptors (Lipinski definition) is 3. The first kappa shape index (κ1) is 19.5. The van der Waals surface area contributed by atoms with Gasteiger partial charge in [-0.25, -0.2) is 9.18 Å². The number of nitrogens with zero attached hydrogens (tertiary/aromatic N) is 1. The van der Waals surface area contributed by atoms with Gasteiger partial charge in [0.25, 0.3) is 0 Å². The maximum atomic E-state index is 13.7. The summed E-state index contributed by atoms with van der Waals surface area (Å²) in [4.78, 5) is 14.4. The Bertz CT molecular complexity index is 738. The first-order valence-corrected chi connectivity index (χ1v) is 9.84. The Kier molecular flexibility index (Phi) is 5.02. The molecule has 1 atom stereocenters. The lowest BCUT2D eigenvalue weighted by Crippen LogP contribution is -2.47. The fourth-order valence-corrected chi connectivity index (χ4v) is 3.97. The first-order chi connectivity index (χ1) is 13.3. The molecule has 1 N–H and O–H groups in total. The highest BCUT2D eigenvalue weighted by atomic mass is 19.4. The molecule has 2 aliphatic carbocycles. The summed E-state index contributed by atoms with van der Waals surface area (Å²) in [5, 5.41) is 3.33. The summed E-state index contributed by atoms with van der Waals surface area (Å²) in [5.41, 5.74) is -1.82. The molecular formula is C20H24F4N2O2. The molecule has 0 spiro atoms. The normalized spacial score (nSPS) is 23.5. The fraction of sp³-hybridized carbons (Fsp3) is 0.650. The number of nitrogens with one attached hydrogen (secondary N) is 1. The Morgan fingerprint density at radius 1 is 1.25 bits per heavy atom. The second kappa shape index (κ2) is 7.21. The zero-order valence-corrected chi connectivity index (χ0v) is 15.5. The van der Waals surface area contributed by atoms with Crippen molar-refractivity contribution in [2.45, 2.75) is 56.3 Å². The molecule has 1 saturated heterocycles. The molecule has 1 aliphatic heterocycles. The summed E-state index contributed by atoms with van der Waals surface area (Å²) < 4.78 is 58.8. The molecule has 3 aliphatic rings. The van der Waals surface area contributed by atoms with E-state index in [1.54, 1.807) is 4.90 Å². The van der Waals surface area contributed by atoms with E-state index in [9.17, 15) is 22.4 Å². The molecule has 2 saturated carbocycles. The van der Waals surface area contributed by atoms with Crippen LogP contribution >= 0.6 is 0 Å². The highest BCUT2D eigenvalue weighted by Crippen LogP contribution is 2.52. The van der Waals surface area contributed by atoms with Gasteiger partial charge in [-0.1, -0.05) is 6.07 Å². The number of halogens is 4. The predicted octanol–water partition coefficient (Wildman–Crippen LogP) is 4.43. The van der Waals surface area contributed by atoms with E-state index in [1.807, 2.05) is 0 Å². The number of carbonyl (C=O) groups excluding carboxylic acids is 1. The van der Waals surface area contributed by atoms with E-state index < -0.39 is 29.2 Å². The topological polar surface area (TPSA) is 41.6 Å². The summed E-state index contributed by atoms with van der Waals surface area (Å²) in [5.74, 6) is -0.902. The van der Waals surface area contributed by atoms with Crippen LogP contribution < -0.4 is 5.32 Å². The van der Waals surface area contributed by atoms with Gasteiger partial charge in [0.15, 0.2) is 0 Å². The third kappa shape index (κ3) is 3.97. The van der Waals surface area contributed by atoms with Crippen molar-refractivity contribution >= 4 is 6.09 Å². The number of carbonyl (C=O) groups is 1. The van der Waals surface area contributed by atoms with Crippen molar-refractivity contribution in [2.24, 2.45) is 5.92 Å². The molecular weight excluding hydrogens is 376 g/mol. The van der Waals surface area contributed by atoms with Crippen LogP contribution in [0.2, 0.25) is 0 Å². The van der Waals surface area contributed by atoms with Crippen LogP contribution in [0, 0.1) is 11.7 Å². The van der Waals surface area contributed by atoms with Crippen molar-refractivity contribution in [1.29, 1.82) is 0 Å². The number of hydrogen-bond donors (Lipinski definition) is 1. The third-order valence-corrected chi connectivity index (χ3v) is 5.97. The van der Waals surface area contributed by atoms with Gasteiger partial charge in [-0.05, 0) is 68.7 Å². The molecule has 4 rings (SSSR count). The summed E-state index contributed by atoms with van der Waals surface area (Å²) in [6.45, 7) is 1.58. The molecule has 1 amide bonds. The molecule has 0 bridgehead atoms. The number of ether oxygens (including phenoxy) is 1. The van der Waals surface area contributed by atoms with Crippen molar-refractivity contribution in [3.63, 3.8) is 0 Å². The minimum atomic E-state index is -4.78. The average Bonchev–Trinajstić information content (AvgIpc) is 3.57. The number of alkyl halides is 3. The minimum absolute atomic E-state index is 0.0912. The molecule has 0 aromatic heterocycles. The zero-order valence-electron chi connectivity index (χ0n) is 15.5. The number of rotatable bonds is 6. The second-order valence-electron chi connectivity index (χ2n) is 8.15. The lowest BCUT2D eigenvalue weighted by atomic mass is 9.99. The molecule has 1 aromatic rings. The summed E-state index contributed by atoms with van der Waals surface area (Å²) >= 11 is 0. The largest absolute Gasteiger partial charge is 0.449 e. The van der Waals surface area contributed by atoms with Crippen LogP contribution in [0.5, 0.6) is 0 Å². The SMILES string of the molecule is O=C(OCC1CC1)N(C[C@@H]1CCCN1)C1(c2ccc(F)c(C(F)(F)F)c2)CC1. The van der Waals surface area contributed by atoms with E-state index >= 15 is 0 Å². The zero-order chi connectivity index (χ0) is 19.9. The van der Waals surface area contributed by atoms with Gasteiger partial charge in [0.2, 0.25) is 0 Å². The number of benzene rings is 1. The summed E-state index contributed by atoms with van der Waals surface area (Å²) in [7, 11) is 0. The highest BCUT2D eigenvalue weighted by Gasteiger charge is 2.53. The Labute approximate surface area is 161 Å². The minimum Gasteiger partial charge on any atom is -0.449 e. The summed E-state index contributed by atoms with van der Waals surface area (Å²) in [6.07, 6.45) is -0.207. The van der Waals surface area contributed by atoms with Crippen molar-refractivity contribution < 1.29 is 27.1 Å². The maximum absolute atomic E-state index is 13.7. The number of amides is 1. The van der Waals surface area contributed by atoms with Gasteiger partial charge in [-0.3, -0.25) is 4.90 Å². The van der Waals surface area contributed by atoms with E-state index in [2.05, 4.69) is 5.32 Å². The van der Waals surface area contributed by atoms with Crippen molar-refractivity contribution in [3.8, 4) is 0 Å². The molecule has 0 radical (unpaired) electrons. The van der Waals surface area contributed by atoms with E-state index in [-0.39, 0.29) is 6.04 Å². The van der Waals surface area contributed by atoms with Crippen LogP contribution in [0.15, 0.2) is 18.2 Å². The van der Waals surface area contributed by atoms with Crippen LogP contribution in [0.4, 0.5) is 22.4 Å². The van der Waals surface area contributed by atoms with Gasteiger partial charge in [0.1, 0.15) is 5.82 Å². The maximum Gasteiger partial charge on any atom is 0.419 e. The van der Waals surface area contributed by atoms with Crippen molar-refractivity contribution in [2.75, 3.05) is 19.7 Å². The van der Waals surface area contributed by atoms with Gasteiger partial charge >= 0.3 is 12.3 Å². The molecule has 1 heterocycles. The summed E-state index contributed by atoms with van der Waals surface area (Å²) in [6, 6.07) is 3.15. The Hall–Kier alpha value is -1.83. The monoisotopic (exact) mass is 400 g/mol. The lowest BCUT2D eigenvalue weighted by molar-refractivity contribution is -0.140. The predicted molar refractivity (Wildman–Crippen MR) is 94.1 cm³/mol. The van der Waals surface area contributed by atoms with E-state index in [0.29, 0.717) is 37.5 Å². The first-order valence-electron chi connectivity index (χ1n) is 9.84. The Balaban J connectivity index is 1.61. The lowest BCUT2D eigenvalue weighted by Gasteiger charge is -2.34. The standard InChI is InChI=1S/C20H24F4N2O2/c21-17-6-5-14(10-16(17)20(22,23)24)19(7-8-19)26(11-15-2-1-9-25-15)18(27)28-12-13-3-4-13/h5-6,10,13,15,25H,1-4,7-9,11-12H2/t15-/m0/s1. The van der Waals surface area contributed by atoms with Crippen molar-refractivity contribution in [3.05, 3.63) is 35.1 Å². The average molecular weight is 400 g/mol. The van der Waals surface area contributed by atoms with Crippen LogP contribution in [-0.4, -0.2) is 36.7 Å². The molecule has 0 unspecified atom stereocenters. The van der Waals surface area contributed by atoms with E-state index in [1.165, 1.54) is 6.07 Å². The van der Waals surface area contributed by atoms with E-state index in [4.69, 9.17) is 4.74 Å². The van der Waals surface area contributed by atoms with Gasteiger partial charge in [0, 0.05) is 12.6 Å². The molecule has 154 valence electrons. The van der Waals surface area contributed by atoms with Gasteiger partial charge in [0.05, 0.1) is 17.7 Å². The van der Waals surface area contributed by atoms with Crippen LogP contribution in [-0.2, 0) is 16.5 Å². The Morgan fingerprint density at radius 3 is 2.57 bits per heavy atom. The second-order valence-corrected chi connectivity index (χ2v) is 8.15. The Morgan fingerprint density at radius 2 is 2.00 bits per heavy atom. The highest BCUT2D eigenvalue weighted by molar-refractivity contribution is 5.70. The fourth-order valence-electron chi connectivity index (χ4n) is 3.97. The van der Waals surface area contributed by atoms with Gasteiger partial charge in [-0.2, -0.15) is 13.2 Å². The molecule has 3 fully saturated rings. The quantitative estimate of drug-likeness (QED) is 0.718. The van der Waals surface area contributed by atoms with E-state index in [0.717, 1.165) is 44.4 Å². The third-order valence-electron chi connectivity index (χ3n) is 5.97. The molecule has 4 nitrogen and oxygen atoms in total. The smallest absolute Gasteiger partial charge is 0.419 e. The van der Waals surface area contributed by atoms with Crippen LogP contribution in [0.25, 0.3) is 0 Å². The van der Waals surface area contributed by atoms with Crippen LogP contribution in [0.1, 0.15) is 49.7 Å². The van der Waals surface area contributed by atoms with Gasteiger partial charge < -0.3 is 10.1 Å². The molecule has 28 heavy (non-hydrogen) atoms. The molecule has 1 aromatic carbocycles. The van der Waals surface area contributed by atoms with Crippen LogP contribution in [0.3, 0.4) is 0 Å².